The van der Waals surface area contributed by atoms with Crippen LogP contribution in [0.4, 0.5) is 4.79 Å². The van der Waals surface area contributed by atoms with Crippen LogP contribution in [-0.2, 0) is 20.9 Å². The Bertz CT molecular complexity index is 940. The molecule has 28 heavy (non-hydrogen) atoms. The molecule has 1 heterocycles. The molecule has 0 radical (unpaired) electrons. The fourth-order valence-electron chi connectivity index (χ4n) is 2.51. The maximum Gasteiger partial charge on any atom is 0.329 e. The van der Waals surface area contributed by atoms with E-state index in [1.807, 2.05) is 18.2 Å². The Morgan fingerprint density at radius 1 is 1.14 bits per heavy atom. The van der Waals surface area contributed by atoms with Crippen LogP contribution in [0.25, 0.3) is 6.08 Å². The minimum atomic E-state index is -0.676. The van der Waals surface area contributed by atoms with Gasteiger partial charge in [0.1, 0.15) is 24.6 Å². The first-order valence-electron chi connectivity index (χ1n) is 8.35. The number of methoxy groups -OCH3 is 1. The highest BCUT2D eigenvalue weighted by molar-refractivity contribution is 6.31. The van der Waals surface area contributed by atoms with Crippen molar-refractivity contribution in [2.45, 2.75) is 6.61 Å². The largest absolute Gasteiger partial charge is 0.489 e. The van der Waals surface area contributed by atoms with Gasteiger partial charge in [0, 0.05) is 10.6 Å². The molecule has 0 aromatic heterocycles. The van der Waals surface area contributed by atoms with Crippen molar-refractivity contribution in [2.24, 2.45) is 0 Å². The van der Waals surface area contributed by atoms with Gasteiger partial charge in [0.2, 0.25) is 0 Å². The van der Waals surface area contributed by atoms with Crippen molar-refractivity contribution in [3.05, 3.63) is 70.4 Å². The van der Waals surface area contributed by atoms with E-state index in [9.17, 15) is 14.4 Å². The van der Waals surface area contributed by atoms with E-state index in [0.717, 1.165) is 10.5 Å². The summed E-state index contributed by atoms with van der Waals surface area (Å²) in [4.78, 5) is 36.2. The predicted octanol–water partition coefficient (Wildman–Crippen LogP) is 2.98. The van der Waals surface area contributed by atoms with Gasteiger partial charge in [0.15, 0.2) is 0 Å². The summed E-state index contributed by atoms with van der Waals surface area (Å²) in [6, 6.07) is 13.7. The lowest BCUT2D eigenvalue weighted by Gasteiger charge is -2.09. The highest BCUT2D eigenvalue weighted by Gasteiger charge is 2.35. The van der Waals surface area contributed by atoms with Crippen LogP contribution in [0, 0.1) is 0 Å². The molecular weight excluding hydrogens is 384 g/mol. The Balaban J connectivity index is 1.65. The van der Waals surface area contributed by atoms with Crippen molar-refractivity contribution in [1.82, 2.24) is 10.2 Å². The maximum absolute atomic E-state index is 12.3. The van der Waals surface area contributed by atoms with Crippen molar-refractivity contribution < 1.29 is 23.9 Å². The van der Waals surface area contributed by atoms with E-state index in [1.54, 1.807) is 30.3 Å². The van der Waals surface area contributed by atoms with Gasteiger partial charge in [0.05, 0.1) is 7.11 Å². The summed E-state index contributed by atoms with van der Waals surface area (Å²) in [7, 11) is 1.19. The summed E-state index contributed by atoms with van der Waals surface area (Å²) >= 11 is 6.10. The summed E-state index contributed by atoms with van der Waals surface area (Å²) < 4.78 is 10.2. The van der Waals surface area contributed by atoms with Crippen molar-refractivity contribution in [2.75, 3.05) is 13.7 Å². The Kier molecular flexibility index (Phi) is 5.96. The Hall–Kier alpha value is -3.32. The zero-order valence-electron chi connectivity index (χ0n) is 15.0. The predicted molar refractivity (Wildman–Crippen MR) is 102 cm³/mol. The van der Waals surface area contributed by atoms with Crippen molar-refractivity contribution in [3.63, 3.8) is 0 Å². The minimum Gasteiger partial charge on any atom is -0.489 e. The molecular formula is C20H17ClN2O5. The third kappa shape index (κ3) is 4.50. The monoisotopic (exact) mass is 400 g/mol. The molecule has 1 N–H and O–H groups in total. The first-order valence-corrected chi connectivity index (χ1v) is 8.73. The number of halogens is 1. The van der Waals surface area contributed by atoms with Crippen LogP contribution in [-0.4, -0.2) is 36.5 Å². The van der Waals surface area contributed by atoms with Crippen LogP contribution in [0.2, 0.25) is 5.02 Å². The lowest BCUT2D eigenvalue weighted by molar-refractivity contribution is -0.143. The summed E-state index contributed by atoms with van der Waals surface area (Å²) in [6.45, 7) is -0.107. The number of nitrogens with one attached hydrogen (secondary N) is 1. The van der Waals surface area contributed by atoms with Crippen LogP contribution in [0.15, 0.2) is 54.2 Å². The van der Waals surface area contributed by atoms with E-state index in [4.69, 9.17) is 16.3 Å². The molecule has 2 aromatic carbocycles. The molecule has 8 heteroatoms. The fraction of sp³-hybridized carbons (Fsp3) is 0.150. The molecule has 0 bridgehead atoms. The molecule has 0 unspecified atom stereocenters. The molecule has 0 atom stereocenters. The first-order chi connectivity index (χ1) is 13.5. The molecule has 1 fully saturated rings. The SMILES string of the molecule is COC(=O)CN1C(=O)N/C(=C/c2ccc(OCc3ccccc3Cl)cc2)C1=O. The zero-order valence-corrected chi connectivity index (χ0v) is 15.7. The van der Waals surface area contributed by atoms with Crippen molar-refractivity contribution in [3.8, 4) is 5.75 Å². The summed E-state index contributed by atoms with van der Waals surface area (Å²) in [5.41, 5.74) is 1.65. The number of carbonyl (C=O) groups is 3. The normalized spacial score (nSPS) is 14.9. The minimum absolute atomic E-state index is 0.0821. The Morgan fingerprint density at radius 2 is 1.86 bits per heavy atom. The number of hydrogen-bond acceptors (Lipinski definition) is 5. The molecule has 1 aliphatic rings. The maximum atomic E-state index is 12.3. The number of urea groups is 1. The van der Waals surface area contributed by atoms with Crippen molar-refractivity contribution in [1.29, 1.82) is 0 Å². The number of amides is 3. The third-order valence-corrected chi connectivity index (χ3v) is 4.39. The molecule has 3 rings (SSSR count). The lowest BCUT2D eigenvalue weighted by Crippen LogP contribution is -2.36. The second kappa shape index (κ2) is 8.58. The average Bonchev–Trinajstić information content (AvgIpc) is 2.95. The number of ether oxygens (including phenoxy) is 2. The summed E-state index contributed by atoms with van der Waals surface area (Å²) in [5.74, 6) is -0.629. The number of imide groups is 1. The molecule has 0 spiro atoms. The highest BCUT2D eigenvalue weighted by Crippen LogP contribution is 2.20. The topological polar surface area (TPSA) is 84.9 Å². The van der Waals surface area contributed by atoms with Gasteiger partial charge in [-0.15, -0.1) is 0 Å². The molecule has 2 aromatic rings. The smallest absolute Gasteiger partial charge is 0.329 e. The lowest BCUT2D eigenvalue weighted by atomic mass is 10.2. The average molecular weight is 401 g/mol. The number of nitrogens with zero attached hydrogens (tertiary/aromatic N) is 1. The second-order valence-electron chi connectivity index (χ2n) is 5.90. The van der Waals surface area contributed by atoms with Crippen LogP contribution in [0.5, 0.6) is 5.75 Å². The number of rotatable bonds is 6. The number of carbonyl (C=O) groups excluding carboxylic acids is 3. The molecule has 0 saturated carbocycles. The van der Waals surface area contributed by atoms with E-state index < -0.39 is 24.5 Å². The van der Waals surface area contributed by atoms with Gasteiger partial charge in [-0.25, -0.2) is 9.69 Å². The number of benzene rings is 2. The fourth-order valence-corrected chi connectivity index (χ4v) is 2.70. The zero-order chi connectivity index (χ0) is 20.1. The quantitative estimate of drug-likeness (QED) is 0.457. The molecule has 144 valence electrons. The summed E-state index contributed by atoms with van der Waals surface area (Å²) in [6.07, 6.45) is 1.52. The van der Waals surface area contributed by atoms with Gasteiger partial charge < -0.3 is 14.8 Å². The van der Waals surface area contributed by atoms with Gasteiger partial charge in [-0.3, -0.25) is 9.59 Å². The van der Waals surface area contributed by atoms with E-state index >= 15 is 0 Å². The highest BCUT2D eigenvalue weighted by atomic mass is 35.5. The molecule has 3 amide bonds. The molecule has 1 aliphatic heterocycles. The van der Waals surface area contributed by atoms with Crippen LogP contribution in [0.3, 0.4) is 0 Å². The third-order valence-electron chi connectivity index (χ3n) is 4.02. The van der Waals surface area contributed by atoms with Gasteiger partial charge in [-0.2, -0.15) is 0 Å². The Morgan fingerprint density at radius 3 is 2.54 bits per heavy atom. The van der Waals surface area contributed by atoms with Gasteiger partial charge in [-0.1, -0.05) is 41.9 Å². The van der Waals surface area contributed by atoms with Crippen molar-refractivity contribution >= 4 is 35.6 Å². The van der Waals surface area contributed by atoms with Gasteiger partial charge in [-0.05, 0) is 29.8 Å². The standard InChI is InChI=1S/C20H17ClN2O5/c1-27-18(24)11-23-19(25)17(22-20(23)26)10-13-6-8-15(9-7-13)28-12-14-4-2-3-5-16(14)21/h2-10H,11-12H2,1H3,(H,22,26)/b17-10+. The molecule has 1 saturated heterocycles. The first kappa shape index (κ1) is 19.4. The molecule has 0 aliphatic carbocycles. The molecule has 7 nitrogen and oxygen atoms in total. The van der Waals surface area contributed by atoms with E-state index in [0.29, 0.717) is 22.9 Å². The van der Waals surface area contributed by atoms with E-state index in [-0.39, 0.29) is 5.70 Å². The van der Waals surface area contributed by atoms with Crippen LogP contribution >= 0.6 is 11.6 Å². The van der Waals surface area contributed by atoms with E-state index in [2.05, 4.69) is 10.1 Å². The van der Waals surface area contributed by atoms with Crippen LogP contribution < -0.4 is 10.1 Å². The van der Waals surface area contributed by atoms with E-state index in [1.165, 1.54) is 13.2 Å². The number of hydrogen-bond donors (Lipinski definition) is 1. The number of esters is 1. The van der Waals surface area contributed by atoms with Crippen LogP contribution in [0.1, 0.15) is 11.1 Å². The summed E-state index contributed by atoms with van der Waals surface area (Å²) in [5, 5.41) is 3.08. The van der Waals surface area contributed by atoms with Gasteiger partial charge >= 0.3 is 12.0 Å². The second-order valence-corrected chi connectivity index (χ2v) is 6.31. The Labute approximate surface area is 166 Å². The van der Waals surface area contributed by atoms with Gasteiger partial charge in [0.25, 0.3) is 5.91 Å².